The van der Waals surface area contributed by atoms with E-state index in [1.807, 2.05) is 0 Å². The molecule has 0 saturated carbocycles. The van der Waals surface area contributed by atoms with Crippen molar-refractivity contribution in [2.24, 2.45) is 5.92 Å². The van der Waals surface area contributed by atoms with E-state index in [1.165, 1.54) is 0 Å². The zero-order valence-electron chi connectivity index (χ0n) is 19.5. The highest BCUT2D eigenvalue weighted by molar-refractivity contribution is 5.96. The molecule has 0 rings (SSSR count). The molecule has 0 unspecified atom stereocenters. The molecule has 4 amide bonds. The minimum absolute atomic E-state index is 0.00453. The molecular formula is C20H34N4O10. The molecule has 0 bridgehead atoms. The Morgan fingerprint density at radius 3 is 1.74 bits per heavy atom. The Balaban J connectivity index is 5.38. The smallest absolute Gasteiger partial charge is 0.305 e. The summed E-state index contributed by atoms with van der Waals surface area (Å²) < 4.78 is 4.99. The summed E-state index contributed by atoms with van der Waals surface area (Å²) >= 11 is 0. The van der Waals surface area contributed by atoms with E-state index in [9.17, 15) is 28.8 Å². The van der Waals surface area contributed by atoms with Gasteiger partial charge in [-0.25, -0.2) is 0 Å². The lowest BCUT2D eigenvalue weighted by atomic mass is 10.0. The van der Waals surface area contributed by atoms with E-state index in [1.54, 1.807) is 13.8 Å². The molecule has 0 spiro atoms. The molecule has 14 nitrogen and oxygen atoms in total. The Labute approximate surface area is 196 Å². The highest BCUT2D eigenvalue weighted by Gasteiger charge is 2.31. The second kappa shape index (κ2) is 16.4. The average molecular weight is 491 g/mol. The molecule has 7 N–H and O–H groups in total. The summed E-state index contributed by atoms with van der Waals surface area (Å²) in [6.45, 7) is 4.52. The first-order valence-corrected chi connectivity index (χ1v) is 10.6. The number of carbonyl (C=O) groups excluding carboxylic acids is 4. The third-order valence-electron chi connectivity index (χ3n) is 4.21. The van der Waals surface area contributed by atoms with E-state index in [2.05, 4.69) is 21.3 Å². The van der Waals surface area contributed by atoms with Gasteiger partial charge < -0.3 is 41.3 Å². The van der Waals surface area contributed by atoms with Gasteiger partial charge in [0.25, 0.3) is 0 Å². The predicted molar refractivity (Wildman–Crippen MR) is 116 cm³/mol. The maximum absolute atomic E-state index is 12.8. The number of rotatable bonds is 17. The molecular weight excluding hydrogens is 456 g/mol. The molecule has 0 heterocycles. The average Bonchev–Trinajstić information content (AvgIpc) is 2.70. The zero-order valence-corrected chi connectivity index (χ0v) is 19.5. The van der Waals surface area contributed by atoms with Crippen molar-refractivity contribution >= 4 is 35.6 Å². The van der Waals surface area contributed by atoms with Gasteiger partial charge >= 0.3 is 11.9 Å². The first-order chi connectivity index (χ1) is 15.9. The van der Waals surface area contributed by atoms with Crippen molar-refractivity contribution in [2.45, 2.75) is 58.2 Å². The van der Waals surface area contributed by atoms with E-state index in [-0.39, 0.29) is 38.7 Å². The van der Waals surface area contributed by atoms with E-state index in [4.69, 9.17) is 20.1 Å². The molecule has 0 aliphatic rings. The van der Waals surface area contributed by atoms with Crippen LogP contribution in [0.4, 0.5) is 0 Å². The van der Waals surface area contributed by atoms with Crippen LogP contribution in [0, 0.1) is 5.92 Å². The van der Waals surface area contributed by atoms with E-state index >= 15 is 0 Å². The van der Waals surface area contributed by atoms with E-state index < -0.39 is 66.5 Å². The SMILES string of the molecule is CC(=O)N[C@@H](CC(=O)O)C(=O)N[C@@H](CC(C)C)C(=O)N[C@@H](CC(=O)O)C(=O)NCCOCCO. The number of amides is 4. The fourth-order valence-corrected chi connectivity index (χ4v) is 2.80. The lowest BCUT2D eigenvalue weighted by Gasteiger charge is -2.25. The normalized spacial score (nSPS) is 13.3. The van der Waals surface area contributed by atoms with Crippen LogP contribution in [0.3, 0.4) is 0 Å². The number of aliphatic hydroxyl groups is 1. The number of carboxylic acid groups (broad SMARTS) is 2. The van der Waals surface area contributed by atoms with Gasteiger partial charge in [0.2, 0.25) is 23.6 Å². The van der Waals surface area contributed by atoms with Crippen molar-refractivity contribution in [1.29, 1.82) is 0 Å². The van der Waals surface area contributed by atoms with Crippen LogP contribution < -0.4 is 21.3 Å². The summed E-state index contributed by atoms with van der Waals surface area (Å²) in [5.74, 6) is -6.03. The summed E-state index contributed by atoms with van der Waals surface area (Å²) in [6, 6.07) is -4.12. The maximum atomic E-state index is 12.8. The zero-order chi connectivity index (χ0) is 26.3. The van der Waals surface area contributed by atoms with Crippen LogP contribution in [0.5, 0.6) is 0 Å². The number of carbonyl (C=O) groups is 6. The van der Waals surface area contributed by atoms with Crippen molar-refractivity contribution in [1.82, 2.24) is 21.3 Å². The second-order valence-corrected chi connectivity index (χ2v) is 7.83. The lowest BCUT2D eigenvalue weighted by Crippen LogP contribution is -2.57. The van der Waals surface area contributed by atoms with Gasteiger partial charge in [0.1, 0.15) is 18.1 Å². The van der Waals surface area contributed by atoms with Crippen LogP contribution >= 0.6 is 0 Å². The number of carboxylic acids is 2. The monoisotopic (exact) mass is 490 g/mol. The number of nitrogens with one attached hydrogen (secondary N) is 4. The Kier molecular flexibility index (Phi) is 14.8. The Bertz CT molecular complexity index is 712. The quantitative estimate of drug-likeness (QED) is 0.107. The fourth-order valence-electron chi connectivity index (χ4n) is 2.80. The van der Waals surface area contributed by atoms with Crippen LogP contribution in [-0.4, -0.2) is 95.4 Å². The first kappa shape index (κ1) is 30.7. The molecule has 14 heteroatoms. The van der Waals surface area contributed by atoms with Crippen LogP contribution in [0.25, 0.3) is 0 Å². The molecule has 0 aromatic rings. The fraction of sp³-hybridized carbons (Fsp3) is 0.700. The van der Waals surface area contributed by atoms with Gasteiger partial charge in [-0.05, 0) is 12.3 Å². The largest absolute Gasteiger partial charge is 0.481 e. The van der Waals surface area contributed by atoms with Crippen molar-refractivity contribution in [2.75, 3.05) is 26.4 Å². The van der Waals surface area contributed by atoms with Crippen molar-refractivity contribution in [3.63, 3.8) is 0 Å². The predicted octanol–water partition coefficient (Wildman–Crippen LogP) is -2.42. The van der Waals surface area contributed by atoms with Crippen LogP contribution in [0.2, 0.25) is 0 Å². The topological polar surface area (TPSA) is 220 Å². The van der Waals surface area contributed by atoms with E-state index in [0.29, 0.717) is 0 Å². The molecule has 0 aliphatic carbocycles. The van der Waals surface area contributed by atoms with Gasteiger partial charge in [-0.15, -0.1) is 0 Å². The van der Waals surface area contributed by atoms with Gasteiger partial charge in [-0.3, -0.25) is 28.8 Å². The highest BCUT2D eigenvalue weighted by Crippen LogP contribution is 2.07. The molecule has 194 valence electrons. The lowest BCUT2D eigenvalue weighted by molar-refractivity contribution is -0.141. The molecule has 34 heavy (non-hydrogen) atoms. The standard InChI is InChI=1S/C20H34N4O10/c1-11(2)8-13(23-20(33)15(10-17(29)30)22-12(3)26)19(32)24-14(9-16(27)28)18(31)21-4-6-34-7-5-25/h11,13-15,25H,4-10H2,1-3H3,(H,21,31)(H,22,26)(H,23,33)(H,24,32)(H,27,28)(H,29,30)/t13-,14-,15-/m0/s1. The molecule has 0 saturated heterocycles. The van der Waals surface area contributed by atoms with Crippen molar-refractivity contribution in [3.8, 4) is 0 Å². The van der Waals surface area contributed by atoms with Gasteiger partial charge in [0.05, 0.1) is 32.7 Å². The number of aliphatic hydroxyl groups excluding tert-OH is 1. The summed E-state index contributed by atoms with van der Waals surface area (Å²) in [4.78, 5) is 71.3. The number of hydrogen-bond acceptors (Lipinski definition) is 8. The van der Waals surface area contributed by atoms with Crippen LogP contribution in [-0.2, 0) is 33.5 Å². The third kappa shape index (κ3) is 14.0. The first-order valence-electron chi connectivity index (χ1n) is 10.6. The minimum atomic E-state index is -1.46. The number of hydrogen-bond donors (Lipinski definition) is 7. The van der Waals surface area contributed by atoms with Gasteiger partial charge in [0, 0.05) is 13.5 Å². The molecule has 0 aromatic heterocycles. The summed E-state index contributed by atoms with van der Waals surface area (Å²) in [5.41, 5.74) is 0. The maximum Gasteiger partial charge on any atom is 0.305 e. The van der Waals surface area contributed by atoms with Crippen molar-refractivity contribution < 1.29 is 48.8 Å². The Morgan fingerprint density at radius 1 is 0.765 bits per heavy atom. The highest BCUT2D eigenvalue weighted by atomic mass is 16.5. The summed E-state index contributed by atoms with van der Waals surface area (Å²) in [5, 5.41) is 36.0. The minimum Gasteiger partial charge on any atom is -0.481 e. The number of ether oxygens (including phenoxy) is 1. The Hall–Kier alpha value is -3.26. The van der Waals surface area contributed by atoms with Gasteiger partial charge in [-0.2, -0.15) is 0 Å². The van der Waals surface area contributed by atoms with Crippen LogP contribution in [0.15, 0.2) is 0 Å². The molecule has 0 aliphatic heterocycles. The third-order valence-corrected chi connectivity index (χ3v) is 4.21. The van der Waals surface area contributed by atoms with Crippen molar-refractivity contribution in [3.05, 3.63) is 0 Å². The summed E-state index contributed by atoms with van der Waals surface area (Å²) in [7, 11) is 0. The number of aliphatic carboxylic acids is 2. The Morgan fingerprint density at radius 2 is 1.26 bits per heavy atom. The molecule has 0 radical (unpaired) electrons. The van der Waals surface area contributed by atoms with E-state index in [0.717, 1.165) is 6.92 Å². The van der Waals surface area contributed by atoms with Gasteiger partial charge in [0.15, 0.2) is 0 Å². The summed E-state index contributed by atoms with van der Waals surface area (Å²) in [6.07, 6.45) is -1.36. The van der Waals surface area contributed by atoms with Gasteiger partial charge in [-0.1, -0.05) is 13.8 Å². The molecule has 0 aromatic carbocycles. The van der Waals surface area contributed by atoms with Crippen LogP contribution in [0.1, 0.15) is 40.0 Å². The second-order valence-electron chi connectivity index (χ2n) is 7.83. The molecule has 3 atom stereocenters. The molecule has 0 fully saturated rings.